The van der Waals surface area contributed by atoms with Crippen molar-refractivity contribution in [1.82, 2.24) is 9.88 Å². The minimum atomic E-state index is -0.262. The second-order valence-electron chi connectivity index (χ2n) is 6.32. The molecule has 0 amide bonds. The Balaban J connectivity index is 1.95. The predicted molar refractivity (Wildman–Crippen MR) is 98.1 cm³/mol. The molecule has 1 unspecified atom stereocenters. The van der Waals surface area contributed by atoms with Gasteiger partial charge in [-0.15, -0.1) is 0 Å². The van der Waals surface area contributed by atoms with Gasteiger partial charge in [0.05, 0.1) is 4.99 Å². The number of nitrogens with two attached hydrogens (primary N) is 1. The molecule has 0 spiro atoms. The molecule has 1 aromatic rings. The monoisotopic (exact) mass is 399 g/mol. The van der Waals surface area contributed by atoms with Crippen LogP contribution in [0.15, 0.2) is 34.5 Å². The zero-order valence-corrected chi connectivity index (χ0v) is 15.4. The number of nitrogens with zero attached hydrogens (tertiary/aromatic N) is 2. The number of piperidine rings is 1. The quantitative estimate of drug-likeness (QED) is 0.782. The van der Waals surface area contributed by atoms with Gasteiger partial charge < -0.3 is 5.73 Å². The van der Waals surface area contributed by atoms with E-state index >= 15 is 0 Å². The molecule has 3 rings (SSSR count). The third kappa shape index (κ3) is 2.84. The maximum atomic E-state index is 6.21. The van der Waals surface area contributed by atoms with Crippen LogP contribution in [0.3, 0.4) is 0 Å². The number of thiocarbonyl (C=S) groups is 1. The highest BCUT2D eigenvalue weighted by molar-refractivity contribution is 9.10. The Morgan fingerprint density at radius 1 is 1.45 bits per heavy atom. The van der Waals surface area contributed by atoms with Crippen molar-refractivity contribution in [3.05, 3.63) is 40.1 Å². The summed E-state index contributed by atoms with van der Waals surface area (Å²) >= 11 is 15.0. The average Bonchev–Trinajstić information content (AvgIpc) is 2.70. The molecule has 2 aliphatic heterocycles. The molecule has 2 aliphatic rings. The summed E-state index contributed by atoms with van der Waals surface area (Å²) in [6.07, 6.45) is 7.89. The summed E-state index contributed by atoms with van der Waals surface area (Å²) in [5.74, 6) is 0. The Bertz CT molecular complexity index is 607. The van der Waals surface area contributed by atoms with Gasteiger partial charge >= 0.3 is 0 Å². The van der Waals surface area contributed by atoms with Gasteiger partial charge in [0, 0.05) is 45.9 Å². The number of rotatable bonds is 4. The topological polar surface area (TPSA) is 42.1 Å². The van der Waals surface area contributed by atoms with Crippen LogP contribution in [-0.4, -0.2) is 33.5 Å². The van der Waals surface area contributed by atoms with Crippen LogP contribution in [0.25, 0.3) is 0 Å². The van der Waals surface area contributed by atoms with Crippen LogP contribution in [0.4, 0.5) is 0 Å². The minimum Gasteiger partial charge on any atom is -0.393 e. The largest absolute Gasteiger partial charge is 0.393 e. The van der Waals surface area contributed by atoms with E-state index in [1.165, 1.54) is 12.8 Å². The molecular weight excluding hydrogens is 382 g/mol. The molecule has 2 N–H and O–H groups in total. The molecule has 0 aliphatic carbocycles. The first-order valence-corrected chi connectivity index (χ1v) is 9.00. The SMILES string of the molecule is C=C(Cl)CN1[C@@H]2CC[C@H]1CC(C(N)=S)(c1cncc(Br)c1)C2. The van der Waals surface area contributed by atoms with E-state index < -0.39 is 0 Å². The van der Waals surface area contributed by atoms with Crippen molar-refractivity contribution in [2.24, 2.45) is 5.73 Å². The Morgan fingerprint density at radius 3 is 2.59 bits per heavy atom. The summed E-state index contributed by atoms with van der Waals surface area (Å²) in [4.78, 5) is 7.36. The van der Waals surface area contributed by atoms with E-state index in [9.17, 15) is 0 Å². The van der Waals surface area contributed by atoms with E-state index in [1.807, 2.05) is 6.20 Å². The molecule has 118 valence electrons. The third-order valence-electron chi connectivity index (χ3n) is 5.02. The van der Waals surface area contributed by atoms with E-state index in [-0.39, 0.29) is 5.41 Å². The summed E-state index contributed by atoms with van der Waals surface area (Å²) in [7, 11) is 0. The highest BCUT2D eigenvalue weighted by Gasteiger charge is 2.50. The van der Waals surface area contributed by atoms with Crippen molar-refractivity contribution < 1.29 is 0 Å². The first kappa shape index (κ1) is 16.4. The molecule has 3 nitrogen and oxygen atoms in total. The average molecular weight is 401 g/mol. The van der Waals surface area contributed by atoms with Gasteiger partial charge in [0.25, 0.3) is 0 Å². The summed E-state index contributed by atoms with van der Waals surface area (Å²) in [5.41, 5.74) is 7.07. The third-order valence-corrected chi connectivity index (χ3v) is 5.97. The van der Waals surface area contributed by atoms with Crippen LogP contribution < -0.4 is 5.73 Å². The molecule has 22 heavy (non-hydrogen) atoms. The number of aromatic nitrogens is 1. The fourth-order valence-electron chi connectivity index (χ4n) is 4.05. The van der Waals surface area contributed by atoms with Crippen molar-refractivity contribution in [3.63, 3.8) is 0 Å². The van der Waals surface area contributed by atoms with E-state index in [0.29, 0.717) is 22.1 Å². The summed E-state index contributed by atoms with van der Waals surface area (Å²) in [6, 6.07) is 3.01. The molecular formula is C16H19BrClN3S. The standard InChI is InChI=1S/C16H19BrClN3S/c1-10(18)9-21-13-2-3-14(21)6-16(5-13,15(19)22)11-4-12(17)8-20-7-11/h4,7-8,13-14H,1-3,5-6,9H2,(H2,19,22)/t13-,14+,16?. The van der Waals surface area contributed by atoms with Crippen molar-refractivity contribution in [3.8, 4) is 0 Å². The highest BCUT2D eigenvalue weighted by Crippen LogP contribution is 2.47. The van der Waals surface area contributed by atoms with Crippen molar-refractivity contribution in [2.45, 2.75) is 43.2 Å². The second-order valence-corrected chi connectivity index (χ2v) is 8.21. The summed E-state index contributed by atoms with van der Waals surface area (Å²) in [5, 5.41) is 0.698. The van der Waals surface area contributed by atoms with Gasteiger partial charge in [-0.05, 0) is 53.2 Å². The number of pyridine rings is 1. The molecule has 3 atom stereocenters. The van der Waals surface area contributed by atoms with E-state index in [1.54, 1.807) is 6.20 Å². The van der Waals surface area contributed by atoms with Crippen LogP contribution in [0.5, 0.6) is 0 Å². The Hall–Kier alpha value is -0.490. The smallest absolute Gasteiger partial charge is 0.0836 e. The second kappa shape index (κ2) is 6.19. The lowest BCUT2D eigenvalue weighted by Crippen LogP contribution is -2.54. The summed E-state index contributed by atoms with van der Waals surface area (Å²) in [6.45, 7) is 4.60. The Labute approximate surface area is 150 Å². The molecule has 2 fully saturated rings. The maximum Gasteiger partial charge on any atom is 0.0836 e. The highest BCUT2D eigenvalue weighted by atomic mass is 79.9. The Kier molecular flexibility index (Phi) is 4.61. The molecule has 0 radical (unpaired) electrons. The molecule has 0 aromatic carbocycles. The van der Waals surface area contributed by atoms with Gasteiger partial charge in [-0.2, -0.15) is 0 Å². The number of hydrogen-bond donors (Lipinski definition) is 1. The zero-order valence-electron chi connectivity index (χ0n) is 12.3. The van der Waals surface area contributed by atoms with Gasteiger partial charge in [-0.25, -0.2) is 0 Å². The molecule has 2 saturated heterocycles. The van der Waals surface area contributed by atoms with Gasteiger partial charge in [-0.1, -0.05) is 30.4 Å². The first-order chi connectivity index (χ1) is 10.4. The van der Waals surface area contributed by atoms with Crippen LogP contribution in [-0.2, 0) is 5.41 Å². The van der Waals surface area contributed by atoms with E-state index in [0.717, 1.165) is 29.4 Å². The lowest BCUT2D eigenvalue weighted by molar-refractivity contribution is 0.122. The van der Waals surface area contributed by atoms with Crippen molar-refractivity contribution in [1.29, 1.82) is 0 Å². The number of halogens is 2. The van der Waals surface area contributed by atoms with Crippen molar-refractivity contribution in [2.75, 3.05) is 6.54 Å². The van der Waals surface area contributed by atoms with Gasteiger partial charge in [-0.3, -0.25) is 9.88 Å². The minimum absolute atomic E-state index is 0.262. The lowest BCUT2D eigenvalue weighted by Gasteiger charge is -2.46. The van der Waals surface area contributed by atoms with E-state index in [2.05, 4.69) is 38.5 Å². The van der Waals surface area contributed by atoms with E-state index in [4.69, 9.17) is 29.6 Å². The molecule has 1 aromatic heterocycles. The molecule has 3 heterocycles. The fourth-order valence-corrected chi connectivity index (χ4v) is 4.84. The zero-order chi connectivity index (χ0) is 15.9. The normalized spacial score (nSPS) is 31.2. The molecule has 2 bridgehead atoms. The van der Waals surface area contributed by atoms with Gasteiger partial charge in [0.2, 0.25) is 0 Å². The van der Waals surface area contributed by atoms with Crippen LogP contribution >= 0.6 is 39.7 Å². The fraction of sp³-hybridized carbons (Fsp3) is 0.500. The first-order valence-electron chi connectivity index (χ1n) is 7.42. The van der Waals surface area contributed by atoms with Crippen LogP contribution in [0.2, 0.25) is 0 Å². The van der Waals surface area contributed by atoms with Gasteiger partial charge in [0.15, 0.2) is 0 Å². The van der Waals surface area contributed by atoms with Crippen LogP contribution in [0, 0.1) is 0 Å². The predicted octanol–water partition coefficient (Wildman–Crippen LogP) is 3.75. The van der Waals surface area contributed by atoms with Crippen molar-refractivity contribution >= 4 is 44.7 Å². The number of hydrogen-bond acceptors (Lipinski definition) is 3. The maximum absolute atomic E-state index is 6.21. The summed E-state index contributed by atoms with van der Waals surface area (Å²) < 4.78 is 0.963. The molecule has 0 saturated carbocycles. The Morgan fingerprint density at radius 2 is 2.09 bits per heavy atom. The lowest BCUT2D eigenvalue weighted by atomic mass is 9.70. The van der Waals surface area contributed by atoms with Crippen LogP contribution in [0.1, 0.15) is 31.2 Å². The number of fused-ring (bicyclic) bond motifs is 2. The van der Waals surface area contributed by atoms with Gasteiger partial charge in [0.1, 0.15) is 0 Å². The molecule has 6 heteroatoms.